The van der Waals surface area contributed by atoms with Gasteiger partial charge in [0.1, 0.15) is 5.69 Å². The molecule has 3 N–H and O–H groups in total. The molecule has 0 amide bonds. The minimum atomic E-state index is 0.368. The molecule has 1 aromatic heterocycles. The van der Waals surface area contributed by atoms with Crippen molar-refractivity contribution in [3.05, 3.63) is 41.1 Å². The van der Waals surface area contributed by atoms with Crippen LogP contribution in [0.3, 0.4) is 0 Å². The second-order valence-electron chi connectivity index (χ2n) is 9.88. The van der Waals surface area contributed by atoms with Crippen molar-refractivity contribution >= 4 is 23.5 Å². The molecule has 0 fully saturated rings. The second-order valence-corrected chi connectivity index (χ2v) is 9.88. The number of nitrogens with zero attached hydrogens (tertiary/aromatic N) is 3. The Balaban J connectivity index is 1.50. The van der Waals surface area contributed by atoms with Crippen molar-refractivity contribution < 1.29 is 9.48 Å². The first kappa shape index (κ1) is 23.4. The fraction of sp³-hybridized carbons (Fsp3) is 0.577. The number of fused-ring (bicyclic) bond motifs is 1. The number of allylic oxidation sites excluding steroid dienone is 5. The molecule has 5 heteroatoms. The molecule has 0 bridgehead atoms. The third-order valence-corrected chi connectivity index (χ3v) is 7.61. The largest absolute Gasteiger partial charge is 0.392 e. The van der Waals surface area contributed by atoms with Crippen molar-refractivity contribution in [2.24, 2.45) is 11.3 Å². The van der Waals surface area contributed by atoms with Crippen molar-refractivity contribution in [3.8, 4) is 0 Å². The Bertz CT molecular complexity index is 924. The molecule has 1 aliphatic carbocycles. The summed E-state index contributed by atoms with van der Waals surface area (Å²) in [6.07, 6.45) is 18.2. The molecule has 168 valence electrons. The van der Waals surface area contributed by atoms with Crippen LogP contribution in [0, 0.1) is 11.3 Å². The highest BCUT2D eigenvalue weighted by Gasteiger charge is 2.35. The quantitative estimate of drug-likeness (QED) is 0.469. The molecule has 3 rings (SSSR count). The standard InChI is InChI=1S/C26H40N5/c1-19(13-15-26(5)21(3)11-8-12-22(26)4)9-7-10-20(2)14-16-31-18-30(6)25-24(31)23(27)17-28-29-25/h9,11,14,17-18,22H,7-8,10,12-13,15-16H2,1-6H3,(H2,27,29)/q+1/p+1/t22-,26+/m0/s1. The van der Waals surface area contributed by atoms with Gasteiger partial charge in [-0.15, -0.1) is 4.58 Å². The maximum atomic E-state index is 6.14. The highest BCUT2D eigenvalue weighted by atomic mass is 15.3. The Kier molecular flexibility index (Phi) is 7.47. The molecular formula is C26H41N5+2. The lowest BCUT2D eigenvalue weighted by atomic mass is 9.65. The van der Waals surface area contributed by atoms with Crippen molar-refractivity contribution in [2.75, 3.05) is 19.3 Å². The maximum absolute atomic E-state index is 6.14. The Labute approximate surface area is 188 Å². The lowest BCUT2D eigenvalue weighted by molar-refractivity contribution is -0.711. The van der Waals surface area contributed by atoms with Gasteiger partial charge in [-0.1, -0.05) is 47.8 Å². The fourth-order valence-electron chi connectivity index (χ4n) is 4.86. The van der Waals surface area contributed by atoms with Gasteiger partial charge in [-0.05, 0) is 76.7 Å². The van der Waals surface area contributed by atoms with Gasteiger partial charge in [0.2, 0.25) is 0 Å². The van der Waals surface area contributed by atoms with E-state index >= 15 is 0 Å². The topological polar surface area (TPSA) is 59.2 Å². The number of rotatable bonds is 8. The third kappa shape index (κ3) is 5.32. The fourth-order valence-corrected chi connectivity index (χ4v) is 4.86. The molecule has 0 aromatic carbocycles. The summed E-state index contributed by atoms with van der Waals surface area (Å²) < 4.78 is 2.18. The van der Waals surface area contributed by atoms with Gasteiger partial charge in [0, 0.05) is 0 Å². The van der Waals surface area contributed by atoms with Crippen molar-refractivity contribution in [3.63, 3.8) is 0 Å². The predicted molar refractivity (Wildman–Crippen MR) is 130 cm³/mol. The SMILES string of the molecule is CC(=CC[N+]1=C[NH+](C)c2nncc(N)c21)CCC=C(C)CC[C@]1(C)C(C)=CCC[C@@H]1C. The van der Waals surface area contributed by atoms with Gasteiger partial charge in [-0.2, -0.15) is 5.10 Å². The van der Waals surface area contributed by atoms with Crippen LogP contribution < -0.4 is 10.6 Å². The van der Waals surface area contributed by atoms with Gasteiger partial charge < -0.3 is 5.73 Å². The van der Waals surface area contributed by atoms with Crippen molar-refractivity contribution in [1.29, 1.82) is 0 Å². The number of hydrogen-bond acceptors (Lipinski definition) is 3. The van der Waals surface area contributed by atoms with E-state index in [0.717, 1.165) is 41.7 Å². The van der Waals surface area contributed by atoms with Crippen LogP contribution >= 0.6 is 0 Å². The molecular weight excluding hydrogens is 382 g/mol. The van der Waals surface area contributed by atoms with Crippen molar-refractivity contribution in [2.45, 2.75) is 73.1 Å². The van der Waals surface area contributed by atoms with E-state index in [9.17, 15) is 0 Å². The summed E-state index contributed by atoms with van der Waals surface area (Å²) in [5.41, 5.74) is 12.7. The second kappa shape index (κ2) is 9.90. The molecule has 0 radical (unpaired) electrons. The van der Waals surface area contributed by atoms with Crippen LogP contribution in [0.5, 0.6) is 0 Å². The normalized spacial score (nSPS) is 26.5. The van der Waals surface area contributed by atoms with Gasteiger partial charge >= 0.3 is 17.8 Å². The molecule has 5 nitrogen and oxygen atoms in total. The summed E-state index contributed by atoms with van der Waals surface area (Å²) >= 11 is 0. The average molecular weight is 424 g/mol. The van der Waals surface area contributed by atoms with E-state index < -0.39 is 0 Å². The summed E-state index contributed by atoms with van der Waals surface area (Å²) in [5, 5.41) is 8.22. The van der Waals surface area contributed by atoms with Crippen LogP contribution in [0.25, 0.3) is 0 Å². The molecule has 1 unspecified atom stereocenters. The number of nitrogen functional groups attached to an aromatic ring is 1. The summed E-state index contributed by atoms with van der Waals surface area (Å²) in [5.74, 6) is 1.68. The van der Waals surface area contributed by atoms with E-state index in [2.05, 4.69) is 81.0 Å². The molecule has 1 aliphatic heterocycles. The highest BCUT2D eigenvalue weighted by Crippen LogP contribution is 2.45. The minimum absolute atomic E-state index is 0.368. The van der Waals surface area contributed by atoms with Crippen LogP contribution in [-0.2, 0) is 0 Å². The average Bonchev–Trinajstić information content (AvgIpc) is 3.06. The summed E-state index contributed by atoms with van der Waals surface area (Å²) in [6, 6.07) is 0. The summed E-state index contributed by atoms with van der Waals surface area (Å²) in [4.78, 5) is 1.12. The molecule has 0 spiro atoms. The monoisotopic (exact) mass is 423 g/mol. The Morgan fingerprint density at radius 3 is 2.77 bits per heavy atom. The highest BCUT2D eigenvalue weighted by molar-refractivity contribution is 5.70. The lowest BCUT2D eigenvalue weighted by Crippen LogP contribution is -3.02. The van der Waals surface area contributed by atoms with Gasteiger partial charge in [0.15, 0.2) is 6.54 Å². The minimum Gasteiger partial charge on any atom is -0.392 e. The van der Waals surface area contributed by atoms with E-state index in [1.165, 1.54) is 36.8 Å². The van der Waals surface area contributed by atoms with Crippen molar-refractivity contribution in [1.82, 2.24) is 10.2 Å². The van der Waals surface area contributed by atoms with E-state index in [-0.39, 0.29) is 0 Å². The number of nitrogens with two attached hydrogens (primary N) is 1. The van der Waals surface area contributed by atoms with E-state index in [1.807, 2.05) is 0 Å². The first-order valence-corrected chi connectivity index (χ1v) is 11.8. The number of nitrogens with one attached hydrogen (secondary N) is 1. The molecule has 2 heterocycles. The van der Waals surface area contributed by atoms with Gasteiger partial charge in [-0.3, -0.25) is 0 Å². The zero-order valence-electron chi connectivity index (χ0n) is 20.3. The van der Waals surface area contributed by atoms with E-state index in [0.29, 0.717) is 11.1 Å². The first-order chi connectivity index (χ1) is 14.7. The van der Waals surface area contributed by atoms with E-state index in [4.69, 9.17) is 5.73 Å². The summed E-state index contributed by atoms with van der Waals surface area (Å²) in [7, 11) is 2.06. The van der Waals surface area contributed by atoms with Crippen LogP contribution in [0.1, 0.15) is 73.1 Å². The van der Waals surface area contributed by atoms with E-state index in [1.54, 1.807) is 11.8 Å². The predicted octanol–water partition coefficient (Wildman–Crippen LogP) is 4.73. The van der Waals surface area contributed by atoms with Gasteiger partial charge in [-0.25, -0.2) is 4.90 Å². The number of quaternary nitrogens is 1. The summed E-state index contributed by atoms with van der Waals surface area (Å²) in [6.45, 7) is 12.6. The van der Waals surface area contributed by atoms with Crippen LogP contribution in [0.15, 0.2) is 41.1 Å². The molecule has 1 aromatic rings. The Hall–Kier alpha value is -2.27. The van der Waals surface area contributed by atoms with Gasteiger partial charge in [0.05, 0.1) is 13.2 Å². The number of hydrogen-bond donors (Lipinski definition) is 2. The Morgan fingerprint density at radius 2 is 2.03 bits per heavy atom. The third-order valence-electron chi connectivity index (χ3n) is 7.61. The molecule has 0 saturated heterocycles. The first-order valence-electron chi connectivity index (χ1n) is 11.8. The molecule has 31 heavy (non-hydrogen) atoms. The molecule has 0 saturated carbocycles. The van der Waals surface area contributed by atoms with Gasteiger partial charge in [0.25, 0.3) is 0 Å². The molecule has 2 aliphatic rings. The number of anilines is 1. The van der Waals surface area contributed by atoms with Crippen LogP contribution in [0.2, 0.25) is 0 Å². The lowest BCUT2D eigenvalue weighted by Gasteiger charge is -2.40. The smallest absolute Gasteiger partial charge is 0.337 e. The zero-order valence-corrected chi connectivity index (χ0v) is 20.3. The van der Waals surface area contributed by atoms with Crippen LogP contribution in [0.4, 0.5) is 17.2 Å². The molecule has 3 atom stereocenters. The van der Waals surface area contributed by atoms with Crippen LogP contribution in [-0.4, -0.2) is 34.7 Å². The maximum Gasteiger partial charge on any atom is 0.337 e. The number of aromatic nitrogens is 2. The Morgan fingerprint density at radius 1 is 1.29 bits per heavy atom. The zero-order chi connectivity index (χ0) is 22.6.